The van der Waals surface area contributed by atoms with E-state index in [1.165, 1.54) is 44.6 Å². The number of fused-ring (bicyclic) bond motifs is 1. The van der Waals surface area contributed by atoms with Crippen molar-refractivity contribution in [1.29, 1.82) is 0 Å². The van der Waals surface area contributed by atoms with Crippen LogP contribution < -0.4 is 0 Å². The van der Waals surface area contributed by atoms with E-state index in [9.17, 15) is 0 Å². The molecule has 0 saturated carbocycles. The molecular formula is C34H28N2. The van der Waals surface area contributed by atoms with Crippen molar-refractivity contribution in [2.75, 3.05) is 0 Å². The Morgan fingerprint density at radius 2 is 1.06 bits per heavy atom. The molecule has 2 nitrogen and oxygen atoms in total. The number of rotatable bonds is 4. The first-order valence-corrected chi connectivity index (χ1v) is 12.4. The molecule has 5 aromatic carbocycles. The molecule has 2 heteroatoms. The van der Waals surface area contributed by atoms with E-state index in [4.69, 9.17) is 4.98 Å². The summed E-state index contributed by atoms with van der Waals surface area (Å²) in [7, 11) is 0. The molecule has 0 radical (unpaired) electrons. The molecule has 174 valence electrons. The molecule has 0 saturated heterocycles. The fourth-order valence-electron chi connectivity index (χ4n) is 5.29. The highest BCUT2D eigenvalue weighted by Gasteiger charge is 2.18. The van der Waals surface area contributed by atoms with Crippen molar-refractivity contribution >= 4 is 11.0 Å². The largest absolute Gasteiger partial charge is 0.292 e. The van der Waals surface area contributed by atoms with Gasteiger partial charge in [-0.3, -0.25) is 4.57 Å². The van der Waals surface area contributed by atoms with E-state index >= 15 is 0 Å². The highest BCUT2D eigenvalue weighted by Crippen LogP contribution is 2.34. The standard InChI is InChI=1S/C34H28N2/c1-23-20-24(2)33(25(3)21-23)36-32-15-8-7-14-31(32)35-34(36)30-13-9-12-29(22-30)28-18-16-27(17-19-28)26-10-5-4-6-11-26/h4-22H,1-3H3. The Morgan fingerprint density at radius 1 is 0.500 bits per heavy atom. The van der Waals surface area contributed by atoms with Gasteiger partial charge in [0.1, 0.15) is 5.82 Å². The third-order valence-corrected chi connectivity index (χ3v) is 6.87. The molecule has 0 atom stereocenters. The van der Waals surface area contributed by atoms with Gasteiger partial charge in [0.15, 0.2) is 0 Å². The van der Waals surface area contributed by atoms with Gasteiger partial charge in [0.25, 0.3) is 0 Å². The fraction of sp³-hybridized carbons (Fsp3) is 0.0882. The molecule has 1 aromatic heterocycles. The zero-order chi connectivity index (χ0) is 24.6. The maximum Gasteiger partial charge on any atom is 0.145 e. The molecular weight excluding hydrogens is 436 g/mol. The monoisotopic (exact) mass is 464 g/mol. The van der Waals surface area contributed by atoms with Gasteiger partial charge >= 0.3 is 0 Å². The number of imidazole rings is 1. The second-order valence-electron chi connectivity index (χ2n) is 9.53. The molecule has 6 aromatic rings. The summed E-state index contributed by atoms with van der Waals surface area (Å²) in [6.07, 6.45) is 0. The third-order valence-electron chi connectivity index (χ3n) is 6.87. The quantitative estimate of drug-likeness (QED) is 0.255. The van der Waals surface area contributed by atoms with Crippen LogP contribution in [0.2, 0.25) is 0 Å². The van der Waals surface area contributed by atoms with Gasteiger partial charge in [-0.05, 0) is 72.4 Å². The van der Waals surface area contributed by atoms with Gasteiger partial charge in [-0.1, -0.05) is 103 Å². The second-order valence-corrected chi connectivity index (χ2v) is 9.53. The Labute approximate surface area is 212 Å². The SMILES string of the molecule is Cc1cc(C)c(-n2c(-c3cccc(-c4ccc(-c5ccccc5)cc4)c3)nc3ccccc32)c(C)c1. The van der Waals surface area contributed by atoms with Gasteiger partial charge < -0.3 is 0 Å². The first kappa shape index (κ1) is 22.1. The zero-order valence-corrected chi connectivity index (χ0v) is 20.9. The van der Waals surface area contributed by atoms with Gasteiger partial charge in [0.2, 0.25) is 0 Å². The van der Waals surface area contributed by atoms with Gasteiger partial charge in [0.05, 0.1) is 16.7 Å². The van der Waals surface area contributed by atoms with Crippen molar-refractivity contribution in [3.8, 4) is 39.3 Å². The van der Waals surface area contributed by atoms with E-state index in [0.717, 1.165) is 22.4 Å². The molecule has 0 fully saturated rings. The van der Waals surface area contributed by atoms with Crippen LogP contribution in [0.25, 0.3) is 50.4 Å². The van der Waals surface area contributed by atoms with Crippen molar-refractivity contribution in [2.45, 2.75) is 20.8 Å². The highest BCUT2D eigenvalue weighted by molar-refractivity contribution is 5.85. The summed E-state index contributed by atoms with van der Waals surface area (Å²) in [5.74, 6) is 0.967. The Morgan fingerprint density at radius 3 is 1.78 bits per heavy atom. The number of para-hydroxylation sites is 2. The van der Waals surface area contributed by atoms with Gasteiger partial charge in [0, 0.05) is 5.56 Å². The minimum atomic E-state index is 0.967. The lowest BCUT2D eigenvalue weighted by Crippen LogP contribution is -2.03. The smallest absolute Gasteiger partial charge is 0.145 e. The van der Waals surface area contributed by atoms with Crippen LogP contribution >= 0.6 is 0 Å². The van der Waals surface area contributed by atoms with Crippen molar-refractivity contribution in [3.05, 3.63) is 132 Å². The summed E-state index contributed by atoms with van der Waals surface area (Å²) in [4.78, 5) is 5.12. The Bertz CT molecular complexity index is 1670. The third kappa shape index (κ3) is 3.91. The molecule has 0 amide bonds. The number of benzene rings is 5. The van der Waals surface area contributed by atoms with Crippen LogP contribution in [-0.2, 0) is 0 Å². The van der Waals surface area contributed by atoms with E-state index in [2.05, 4.69) is 141 Å². The van der Waals surface area contributed by atoms with Crippen LogP contribution in [0.4, 0.5) is 0 Å². The maximum absolute atomic E-state index is 5.12. The predicted octanol–water partition coefficient (Wildman–Crippen LogP) is 8.95. The van der Waals surface area contributed by atoms with Crippen LogP contribution in [0.15, 0.2) is 115 Å². The molecule has 0 bridgehead atoms. The van der Waals surface area contributed by atoms with Crippen molar-refractivity contribution in [2.24, 2.45) is 0 Å². The first-order chi connectivity index (χ1) is 17.6. The average Bonchev–Trinajstić information content (AvgIpc) is 3.28. The number of hydrogen-bond donors (Lipinski definition) is 0. The van der Waals surface area contributed by atoms with Gasteiger partial charge in [-0.15, -0.1) is 0 Å². The van der Waals surface area contributed by atoms with E-state index < -0.39 is 0 Å². The minimum Gasteiger partial charge on any atom is -0.292 e. The number of hydrogen-bond acceptors (Lipinski definition) is 1. The summed E-state index contributed by atoms with van der Waals surface area (Å²) in [6, 6.07) is 41.0. The summed E-state index contributed by atoms with van der Waals surface area (Å²) < 4.78 is 2.33. The molecule has 1 heterocycles. The fourth-order valence-corrected chi connectivity index (χ4v) is 5.29. The van der Waals surface area contributed by atoms with E-state index in [-0.39, 0.29) is 0 Å². The molecule has 0 aliphatic carbocycles. The Hall–Kier alpha value is -4.43. The molecule has 0 unspecified atom stereocenters. The number of nitrogens with zero attached hydrogens (tertiary/aromatic N) is 2. The molecule has 6 rings (SSSR count). The molecule has 36 heavy (non-hydrogen) atoms. The summed E-state index contributed by atoms with van der Waals surface area (Å²) in [6.45, 7) is 6.54. The van der Waals surface area contributed by atoms with E-state index in [1.807, 2.05) is 0 Å². The second kappa shape index (κ2) is 8.98. The normalized spacial score (nSPS) is 11.2. The Balaban J connectivity index is 1.48. The predicted molar refractivity (Wildman–Crippen MR) is 152 cm³/mol. The minimum absolute atomic E-state index is 0.967. The highest BCUT2D eigenvalue weighted by atomic mass is 15.1. The Kier molecular flexibility index (Phi) is 5.50. The first-order valence-electron chi connectivity index (χ1n) is 12.4. The van der Waals surface area contributed by atoms with Crippen LogP contribution in [0, 0.1) is 20.8 Å². The van der Waals surface area contributed by atoms with Crippen LogP contribution in [0.5, 0.6) is 0 Å². The molecule has 0 spiro atoms. The van der Waals surface area contributed by atoms with Crippen molar-refractivity contribution in [3.63, 3.8) is 0 Å². The lowest BCUT2D eigenvalue weighted by Gasteiger charge is -2.17. The van der Waals surface area contributed by atoms with Crippen molar-refractivity contribution < 1.29 is 0 Å². The van der Waals surface area contributed by atoms with Crippen LogP contribution in [-0.4, -0.2) is 9.55 Å². The molecule has 0 N–H and O–H groups in total. The van der Waals surface area contributed by atoms with E-state index in [0.29, 0.717) is 0 Å². The number of aryl methyl sites for hydroxylation is 3. The van der Waals surface area contributed by atoms with E-state index in [1.54, 1.807) is 0 Å². The molecule has 0 aliphatic rings. The lowest BCUT2D eigenvalue weighted by atomic mass is 9.99. The molecule has 0 aliphatic heterocycles. The zero-order valence-electron chi connectivity index (χ0n) is 20.9. The average molecular weight is 465 g/mol. The summed E-state index contributed by atoms with van der Waals surface area (Å²) in [5, 5.41) is 0. The van der Waals surface area contributed by atoms with Gasteiger partial charge in [-0.25, -0.2) is 4.98 Å². The topological polar surface area (TPSA) is 17.8 Å². The summed E-state index contributed by atoms with van der Waals surface area (Å²) in [5.41, 5.74) is 13.1. The van der Waals surface area contributed by atoms with Crippen LogP contribution in [0.3, 0.4) is 0 Å². The van der Waals surface area contributed by atoms with Gasteiger partial charge in [-0.2, -0.15) is 0 Å². The number of aromatic nitrogens is 2. The lowest BCUT2D eigenvalue weighted by molar-refractivity contribution is 1.06. The summed E-state index contributed by atoms with van der Waals surface area (Å²) >= 11 is 0. The maximum atomic E-state index is 5.12. The van der Waals surface area contributed by atoms with Crippen LogP contribution in [0.1, 0.15) is 16.7 Å². The van der Waals surface area contributed by atoms with Crippen molar-refractivity contribution in [1.82, 2.24) is 9.55 Å².